The fraction of sp³-hybridized carbons (Fsp3) is 0.560. The van der Waals surface area contributed by atoms with Crippen molar-refractivity contribution in [3.63, 3.8) is 0 Å². The van der Waals surface area contributed by atoms with E-state index in [0.29, 0.717) is 0 Å². The number of nitrogens with zero attached hydrogens (tertiary/aromatic N) is 2. The number of ether oxygens (including phenoxy) is 2. The zero-order chi connectivity index (χ0) is 28.6. The van der Waals surface area contributed by atoms with E-state index >= 15 is 0 Å². The number of rotatable bonds is 14. The minimum Gasteiger partial charge on any atom is -0.395 e. The molecule has 14 heteroatoms. The topological polar surface area (TPSA) is 164 Å². The van der Waals surface area contributed by atoms with Gasteiger partial charge in [-0.1, -0.05) is 49.0 Å². The number of thioether (sulfide) groups is 1. The van der Waals surface area contributed by atoms with Crippen LogP contribution in [0.5, 0.6) is 0 Å². The highest BCUT2D eigenvalue weighted by atomic mass is 32.2. The van der Waals surface area contributed by atoms with Gasteiger partial charge in [-0.05, 0) is 25.5 Å². The fourth-order valence-electron chi connectivity index (χ4n) is 3.96. The Kier molecular flexibility index (Phi) is 11.3. The Morgan fingerprint density at radius 2 is 2.00 bits per heavy atom. The molecule has 4 N–H and O–H groups in total. The van der Waals surface area contributed by atoms with E-state index in [1.807, 2.05) is 37.3 Å². The van der Waals surface area contributed by atoms with Gasteiger partial charge in [-0.15, -0.1) is 0 Å². The summed E-state index contributed by atoms with van der Waals surface area (Å²) >= 11 is 0.991. The third-order valence-electron chi connectivity index (χ3n) is 6.30. The van der Waals surface area contributed by atoms with Gasteiger partial charge in [0.1, 0.15) is 18.1 Å². The number of nitrogens with two attached hydrogens (primary N) is 1. The molecule has 1 aliphatic heterocycles. The van der Waals surface area contributed by atoms with Crippen molar-refractivity contribution >= 4 is 30.4 Å². The normalized spacial score (nSPS) is 23.0. The number of anilines is 1. The Hall–Kier alpha value is -2.09. The minimum absolute atomic E-state index is 0.0399. The SMILES string of the molecule is CO[C@H]1[C@H](C)[C@H](n2ccc(N)nc2=O)O[C@@H]1COP(=O)(NCc1ccccc1)OCCSC(=O)C(C)(C)CO. The molecule has 3 rings (SSSR count). The van der Waals surface area contributed by atoms with Gasteiger partial charge in [-0.3, -0.25) is 18.4 Å². The van der Waals surface area contributed by atoms with Crippen LogP contribution in [-0.4, -0.2) is 64.7 Å². The Morgan fingerprint density at radius 1 is 1.28 bits per heavy atom. The number of nitrogen functional groups attached to an aromatic ring is 1. The smallest absolute Gasteiger partial charge is 0.395 e. The molecule has 0 radical (unpaired) electrons. The molecular formula is C25H37N4O8PS. The third kappa shape index (κ3) is 8.45. The number of aliphatic hydroxyl groups excluding tert-OH is 1. The summed E-state index contributed by atoms with van der Waals surface area (Å²) in [6, 6.07) is 10.8. The molecule has 1 saturated heterocycles. The summed E-state index contributed by atoms with van der Waals surface area (Å²) in [5, 5.41) is 12.1. The lowest BCUT2D eigenvalue weighted by atomic mass is 9.97. The second kappa shape index (κ2) is 14.0. The van der Waals surface area contributed by atoms with Gasteiger partial charge in [0.2, 0.25) is 0 Å². The van der Waals surface area contributed by atoms with Gasteiger partial charge < -0.3 is 20.3 Å². The summed E-state index contributed by atoms with van der Waals surface area (Å²) in [6.45, 7) is 4.91. The first-order valence-electron chi connectivity index (χ1n) is 12.5. The summed E-state index contributed by atoms with van der Waals surface area (Å²) in [7, 11) is -2.34. The Labute approximate surface area is 232 Å². The number of hydrogen-bond donors (Lipinski definition) is 3. The molecule has 12 nitrogen and oxygen atoms in total. The second-order valence-electron chi connectivity index (χ2n) is 9.79. The van der Waals surface area contributed by atoms with E-state index in [0.717, 1.165) is 17.3 Å². The average molecular weight is 585 g/mol. The van der Waals surface area contributed by atoms with Gasteiger partial charge in [0.05, 0.1) is 31.3 Å². The molecule has 1 aromatic heterocycles. The monoisotopic (exact) mass is 584 g/mol. The van der Waals surface area contributed by atoms with Crippen molar-refractivity contribution in [2.75, 3.05) is 38.4 Å². The number of aromatic nitrogens is 2. The molecule has 0 bridgehead atoms. The molecule has 1 aliphatic rings. The molecule has 39 heavy (non-hydrogen) atoms. The highest BCUT2D eigenvalue weighted by Gasteiger charge is 2.45. The molecule has 1 unspecified atom stereocenters. The van der Waals surface area contributed by atoms with E-state index < -0.39 is 37.3 Å². The van der Waals surface area contributed by atoms with Crippen LogP contribution in [0.4, 0.5) is 5.82 Å². The largest absolute Gasteiger partial charge is 0.405 e. The standard InChI is InChI=1S/C25H37N4O8PS/c1-17-21(34-4)19(37-22(17)29-11-10-20(26)28-24(29)32)15-36-38(33,27-14-18-8-6-5-7-9-18)35-12-13-39-23(31)25(2,3)16-30/h5-11,17,19,21-22,30H,12-16H2,1-4H3,(H,27,33)(H2,26,28,32)/t17-,19+,21-,22+,38?/m0/s1. The highest BCUT2D eigenvalue weighted by molar-refractivity contribution is 8.13. The van der Waals surface area contributed by atoms with Gasteiger partial charge in [0.15, 0.2) is 5.12 Å². The maximum atomic E-state index is 13.7. The van der Waals surface area contributed by atoms with Crippen LogP contribution in [0.2, 0.25) is 0 Å². The van der Waals surface area contributed by atoms with Crippen LogP contribution in [0.1, 0.15) is 32.6 Å². The van der Waals surface area contributed by atoms with Crippen LogP contribution in [0.3, 0.4) is 0 Å². The number of aliphatic hydroxyl groups is 1. The minimum atomic E-state index is -3.87. The van der Waals surface area contributed by atoms with Crippen LogP contribution in [0.25, 0.3) is 0 Å². The average Bonchev–Trinajstić information content (AvgIpc) is 3.24. The molecule has 2 aromatic rings. The van der Waals surface area contributed by atoms with E-state index in [2.05, 4.69) is 10.1 Å². The van der Waals surface area contributed by atoms with E-state index in [1.54, 1.807) is 13.8 Å². The van der Waals surface area contributed by atoms with Crippen LogP contribution < -0.4 is 16.5 Å². The fourth-order valence-corrected chi connectivity index (χ4v) is 6.20. The van der Waals surface area contributed by atoms with Gasteiger partial charge in [0.25, 0.3) is 0 Å². The molecule has 0 saturated carbocycles. The molecule has 0 spiro atoms. The van der Waals surface area contributed by atoms with Crippen LogP contribution in [0.15, 0.2) is 47.4 Å². The quantitative estimate of drug-likeness (QED) is 0.220. The Bertz CT molecular complexity index is 1200. The first-order valence-corrected chi connectivity index (χ1v) is 15.0. The van der Waals surface area contributed by atoms with E-state index in [-0.39, 0.29) is 49.0 Å². The highest BCUT2D eigenvalue weighted by Crippen LogP contribution is 2.46. The third-order valence-corrected chi connectivity index (χ3v) is 9.04. The van der Waals surface area contributed by atoms with Crippen molar-refractivity contribution in [3.05, 3.63) is 58.6 Å². The van der Waals surface area contributed by atoms with Crippen molar-refractivity contribution in [2.24, 2.45) is 11.3 Å². The molecule has 216 valence electrons. The first kappa shape index (κ1) is 31.4. The van der Waals surface area contributed by atoms with Crippen molar-refractivity contribution in [2.45, 2.75) is 45.8 Å². The van der Waals surface area contributed by atoms with Crippen LogP contribution in [0, 0.1) is 11.3 Å². The zero-order valence-corrected chi connectivity index (χ0v) is 24.2. The number of carbonyl (C=O) groups is 1. The predicted molar refractivity (Wildman–Crippen MR) is 148 cm³/mol. The van der Waals surface area contributed by atoms with E-state index in [4.69, 9.17) is 24.3 Å². The zero-order valence-electron chi connectivity index (χ0n) is 22.5. The molecule has 5 atom stereocenters. The summed E-state index contributed by atoms with van der Waals surface area (Å²) < 4.78 is 38.2. The molecule has 1 aromatic carbocycles. The Morgan fingerprint density at radius 3 is 2.64 bits per heavy atom. The van der Waals surface area contributed by atoms with Crippen LogP contribution in [-0.2, 0) is 34.4 Å². The van der Waals surface area contributed by atoms with Crippen LogP contribution >= 0.6 is 19.5 Å². The molecule has 1 fully saturated rings. The van der Waals surface area contributed by atoms with Gasteiger partial charge in [-0.25, -0.2) is 14.4 Å². The van der Waals surface area contributed by atoms with Crippen molar-refractivity contribution < 1.29 is 33.0 Å². The van der Waals surface area contributed by atoms with Crippen molar-refractivity contribution in [3.8, 4) is 0 Å². The molecule has 2 heterocycles. The lowest BCUT2D eigenvalue weighted by molar-refractivity contribution is -0.119. The van der Waals surface area contributed by atoms with Gasteiger partial charge >= 0.3 is 13.4 Å². The predicted octanol–water partition coefficient (Wildman–Crippen LogP) is 2.58. The summed E-state index contributed by atoms with van der Waals surface area (Å²) in [4.78, 5) is 28.4. The maximum Gasteiger partial charge on any atom is 0.405 e. The summed E-state index contributed by atoms with van der Waals surface area (Å²) in [6.07, 6.45) is -0.333. The first-order chi connectivity index (χ1) is 18.5. The summed E-state index contributed by atoms with van der Waals surface area (Å²) in [5.41, 5.74) is 5.03. The Balaban J connectivity index is 1.68. The number of methoxy groups -OCH3 is 1. The van der Waals surface area contributed by atoms with E-state index in [1.165, 1.54) is 23.9 Å². The molecular weight excluding hydrogens is 547 g/mol. The summed E-state index contributed by atoms with van der Waals surface area (Å²) in [5.74, 6) is 0.0594. The van der Waals surface area contributed by atoms with Crippen molar-refractivity contribution in [1.29, 1.82) is 0 Å². The maximum absolute atomic E-state index is 13.7. The van der Waals surface area contributed by atoms with Gasteiger partial charge in [0, 0.05) is 31.5 Å². The lowest BCUT2D eigenvalue weighted by Gasteiger charge is -2.24. The number of benzene rings is 1. The van der Waals surface area contributed by atoms with E-state index in [9.17, 15) is 19.3 Å². The number of carbonyl (C=O) groups excluding carboxylic acids is 1. The number of hydrogen-bond acceptors (Lipinski definition) is 11. The molecule has 0 aliphatic carbocycles. The lowest BCUT2D eigenvalue weighted by Crippen LogP contribution is -2.32. The van der Waals surface area contributed by atoms with Gasteiger partial charge in [-0.2, -0.15) is 4.98 Å². The molecule has 0 amide bonds. The number of nitrogens with one attached hydrogen (secondary N) is 1. The second-order valence-corrected chi connectivity index (χ2v) is 12.7. The van der Waals surface area contributed by atoms with Crippen molar-refractivity contribution in [1.82, 2.24) is 14.6 Å².